The predicted molar refractivity (Wildman–Crippen MR) is 91.8 cm³/mol. The summed E-state index contributed by atoms with van der Waals surface area (Å²) in [6.45, 7) is 4.81. The van der Waals surface area contributed by atoms with E-state index >= 15 is 0 Å². The van der Waals surface area contributed by atoms with Gasteiger partial charge in [-0.2, -0.15) is 0 Å². The Morgan fingerprint density at radius 2 is 1.92 bits per heavy atom. The van der Waals surface area contributed by atoms with E-state index in [1.165, 1.54) is 12.1 Å². The minimum atomic E-state index is -0.287. The summed E-state index contributed by atoms with van der Waals surface area (Å²) in [6.07, 6.45) is 1.02. The number of likely N-dealkylation sites (N-methyl/N-ethyl adjacent to an activating group) is 1. The summed E-state index contributed by atoms with van der Waals surface area (Å²) in [5, 5.41) is 0. The van der Waals surface area contributed by atoms with Crippen LogP contribution in [0, 0.1) is 5.82 Å². The molecule has 5 heteroatoms. The average Bonchev–Trinajstić information content (AvgIpc) is 3.07. The smallest absolute Gasteiger partial charge is 0.249 e. The Labute approximate surface area is 145 Å². The molecule has 1 aliphatic heterocycles. The van der Waals surface area contributed by atoms with Gasteiger partial charge in [0.1, 0.15) is 11.6 Å². The third kappa shape index (κ3) is 3.55. The largest absolute Gasteiger partial charge is 0.457 e. The van der Waals surface area contributed by atoms with Gasteiger partial charge in [-0.05, 0) is 50.1 Å². The van der Waals surface area contributed by atoms with Gasteiger partial charge in [0.25, 0.3) is 0 Å². The van der Waals surface area contributed by atoms with Gasteiger partial charge in [-0.3, -0.25) is 9.59 Å². The summed E-state index contributed by atoms with van der Waals surface area (Å²) in [7, 11) is 0. The standard InChI is InChI=1S/C20H20FNO3/c1-3-22-11-10-17(13(2)20(22)24)19(23)18-9-8-16(25-18)12-14-4-6-15(21)7-5-14/h4-9H,3,10-12H2,1-2H3. The molecule has 2 heterocycles. The second-order valence-electron chi connectivity index (χ2n) is 6.14. The first-order valence-corrected chi connectivity index (χ1v) is 8.36. The van der Waals surface area contributed by atoms with Crippen LogP contribution < -0.4 is 0 Å². The van der Waals surface area contributed by atoms with Crippen LogP contribution in [0.4, 0.5) is 4.39 Å². The summed E-state index contributed by atoms with van der Waals surface area (Å²) in [4.78, 5) is 26.7. The van der Waals surface area contributed by atoms with Crippen LogP contribution in [0.5, 0.6) is 0 Å². The maximum absolute atomic E-state index is 13.0. The van der Waals surface area contributed by atoms with Crippen molar-refractivity contribution in [3.63, 3.8) is 0 Å². The number of ketones is 1. The number of amides is 1. The van der Waals surface area contributed by atoms with Gasteiger partial charge in [0, 0.05) is 30.7 Å². The van der Waals surface area contributed by atoms with E-state index in [-0.39, 0.29) is 23.3 Å². The molecule has 2 aromatic rings. The molecule has 0 radical (unpaired) electrons. The first-order valence-electron chi connectivity index (χ1n) is 8.36. The van der Waals surface area contributed by atoms with Crippen LogP contribution >= 0.6 is 0 Å². The Morgan fingerprint density at radius 3 is 2.60 bits per heavy atom. The van der Waals surface area contributed by atoms with E-state index < -0.39 is 0 Å². The van der Waals surface area contributed by atoms with Crippen LogP contribution in [0.3, 0.4) is 0 Å². The number of furan rings is 1. The van der Waals surface area contributed by atoms with E-state index in [1.54, 1.807) is 36.1 Å². The molecule has 25 heavy (non-hydrogen) atoms. The lowest BCUT2D eigenvalue weighted by molar-refractivity contribution is -0.127. The molecule has 0 atom stereocenters. The molecule has 0 aliphatic carbocycles. The molecular formula is C20H20FNO3. The number of hydrogen-bond donors (Lipinski definition) is 0. The topological polar surface area (TPSA) is 50.5 Å². The maximum Gasteiger partial charge on any atom is 0.249 e. The van der Waals surface area contributed by atoms with Crippen LogP contribution in [-0.4, -0.2) is 29.7 Å². The highest BCUT2D eigenvalue weighted by atomic mass is 19.1. The number of Topliss-reactive ketones (excluding diaryl/α,β-unsaturated/α-hetero) is 1. The van der Waals surface area contributed by atoms with Gasteiger partial charge in [0.05, 0.1) is 0 Å². The van der Waals surface area contributed by atoms with Crippen LogP contribution in [0.25, 0.3) is 0 Å². The fourth-order valence-electron chi connectivity index (χ4n) is 3.03. The quantitative estimate of drug-likeness (QED) is 0.778. The molecule has 0 bridgehead atoms. The number of carbonyl (C=O) groups is 2. The van der Waals surface area contributed by atoms with Crippen molar-refractivity contribution in [3.8, 4) is 0 Å². The highest BCUT2D eigenvalue weighted by molar-refractivity contribution is 6.12. The summed E-state index contributed by atoms with van der Waals surface area (Å²) >= 11 is 0. The van der Waals surface area contributed by atoms with Crippen molar-refractivity contribution < 1.29 is 18.4 Å². The Bertz CT molecular complexity index is 833. The second-order valence-corrected chi connectivity index (χ2v) is 6.14. The minimum Gasteiger partial charge on any atom is -0.457 e. The molecule has 0 fully saturated rings. The van der Waals surface area contributed by atoms with Crippen molar-refractivity contribution in [3.05, 3.63) is 70.4 Å². The fourth-order valence-corrected chi connectivity index (χ4v) is 3.03. The molecule has 1 aromatic carbocycles. The van der Waals surface area contributed by atoms with Crippen molar-refractivity contribution in [2.24, 2.45) is 0 Å². The first kappa shape index (κ1) is 17.1. The number of nitrogens with zero attached hydrogens (tertiary/aromatic N) is 1. The van der Waals surface area contributed by atoms with Gasteiger partial charge >= 0.3 is 0 Å². The number of halogens is 1. The van der Waals surface area contributed by atoms with E-state index in [2.05, 4.69) is 0 Å². The van der Waals surface area contributed by atoms with Gasteiger partial charge in [0.2, 0.25) is 11.7 Å². The lowest BCUT2D eigenvalue weighted by Crippen LogP contribution is -2.37. The van der Waals surface area contributed by atoms with Gasteiger partial charge in [-0.1, -0.05) is 12.1 Å². The molecule has 0 saturated carbocycles. The second kappa shape index (κ2) is 7.05. The summed E-state index contributed by atoms with van der Waals surface area (Å²) in [6, 6.07) is 9.54. The Balaban J connectivity index is 1.78. The molecule has 0 N–H and O–H groups in total. The van der Waals surface area contributed by atoms with Crippen molar-refractivity contribution in [1.29, 1.82) is 0 Å². The molecule has 3 rings (SSSR count). The zero-order valence-electron chi connectivity index (χ0n) is 14.3. The molecule has 0 unspecified atom stereocenters. The molecule has 4 nitrogen and oxygen atoms in total. The van der Waals surface area contributed by atoms with Crippen LogP contribution in [-0.2, 0) is 11.2 Å². The highest BCUT2D eigenvalue weighted by Crippen LogP contribution is 2.24. The van der Waals surface area contributed by atoms with E-state index in [4.69, 9.17) is 4.42 Å². The molecule has 1 amide bonds. The molecular weight excluding hydrogens is 321 g/mol. The van der Waals surface area contributed by atoms with Gasteiger partial charge < -0.3 is 9.32 Å². The molecule has 1 aromatic heterocycles. The van der Waals surface area contributed by atoms with Crippen molar-refractivity contribution in [1.82, 2.24) is 4.90 Å². The molecule has 0 spiro atoms. The van der Waals surface area contributed by atoms with E-state index in [0.717, 1.165) is 5.56 Å². The third-order valence-electron chi connectivity index (χ3n) is 4.53. The van der Waals surface area contributed by atoms with Crippen molar-refractivity contribution in [2.45, 2.75) is 26.7 Å². The Morgan fingerprint density at radius 1 is 1.20 bits per heavy atom. The zero-order valence-corrected chi connectivity index (χ0v) is 14.3. The number of carbonyl (C=O) groups excluding carboxylic acids is 2. The van der Waals surface area contributed by atoms with Gasteiger partial charge in [-0.25, -0.2) is 4.39 Å². The zero-order chi connectivity index (χ0) is 18.0. The minimum absolute atomic E-state index is 0.0878. The highest BCUT2D eigenvalue weighted by Gasteiger charge is 2.28. The Hall–Kier alpha value is -2.69. The van der Waals surface area contributed by atoms with Crippen molar-refractivity contribution in [2.75, 3.05) is 13.1 Å². The van der Waals surface area contributed by atoms with Gasteiger partial charge in [-0.15, -0.1) is 0 Å². The lowest BCUT2D eigenvalue weighted by Gasteiger charge is -2.27. The first-order chi connectivity index (χ1) is 12.0. The number of hydrogen-bond acceptors (Lipinski definition) is 3. The molecule has 1 aliphatic rings. The number of rotatable bonds is 5. The van der Waals surface area contributed by atoms with Gasteiger partial charge in [0.15, 0.2) is 5.76 Å². The van der Waals surface area contributed by atoms with Crippen LogP contribution in [0.15, 0.2) is 52.0 Å². The molecule has 130 valence electrons. The Kier molecular flexibility index (Phi) is 4.83. The van der Waals surface area contributed by atoms with Crippen LogP contribution in [0.1, 0.15) is 42.1 Å². The SMILES string of the molecule is CCN1CCC(C(=O)c2ccc(Cc3ccc(F)cc3)o2)=C(C)C1=O. The maximum atomic E-state index is 13.0. The fraction of sp³-hybridized carbons (Fsp3) is 0.300. The normalized spacial score (nSPS) is 15.0. The monoisotopic (exact) mass is 341 g/mol. The summed E-state index contributed by atoms with van der Waals surface area (Å²) in [5.41, 5.74) is 1.92. The average molecular weight is 341 g/mol. The van der Waals surface area contributed by atoms with E-state index in [9.17, 15) is 14.0 Å². The predicted octanol–water partition coefficient (Wildman–Crippen LogP) is 3.76. The lowest BCUT2D eigenvalue weighted by atomic mass is 9.95. The van der Waals surface area contributed by atoms with E-state index in [1.807, 2.05) is 6.92 Å². The van der Waals surface area contributed by atoms with Crippen molar-refractivity contribution >= 4 is 11.7 Å². The third-order valence-corrected chi connectivity index (χ3v) is 4.53. The summed E-state index contributed by atoms with van der Waals surface area (Å²) in [5.74, 6) is 0.265. The summed E-state index contributed by atoms with van der Waals surface area (Å²) < 4.78 is 18.6. The van der Waals surface area contributed by atoms with E-state index in [0.29, 0.717) is 42.8 Å². The number of benzene rings is 1. The molecule has 0 saturated heterocycles. The van der Waals surface area contributed by atoms with Crippen LogP contribution in [0.2, 0.25) is 0 Å².